The molecular formula is C17H12O2S. The molecule has 2 nitrogen and oxygen atoms in total. The highest BCUT2D eigenvalue weighted by atomic mass is 32.2. The standard InChI is InChI=1S/C17H12O2S/c18-15-9-5-4-8-13(15)10-14-11-16(20-17(14)19)12-6-2-1-3-7-12/h1-11,18H/b14-10-. The summed E-state index contributed by atoms with van der Waals surface area (Å²) in [5, 5.41) is 9.76. The second-order valence-electron chi connectivity index (χ2n) is 4.42. The third-order valence-electron chi connectivity index (χ3n) is 3.03. The summed E-state index contributed by atoms with van der Waals surface area (Å²) in [7, 11) is 0. The van der Waals surface area contributed by atoms with Gasteiger partial charge in [0.05, 0.1) is 0 Å². The molecule has 1 aliphatic rings. The quantitative estimate of drug-likeness (QED) is 0.842. The highest BCUT2D eigenvalue weighted by Crippen LogP contribution is 2.38. The number of carbonyl (C=O) groups is 1. The maximum atomic E-state index is 12.0. The molecule has 0 amide bonds. The number of para-hydroxylation sites is 1. The lowest BCUT2D eigenvalue weighted by Crippen LogP contribution is -1.87. The first-order valence-electron chi connectivity index (χ1n) is 6.23. The summed E-state index contributed by atoms with van der Waals surface area (Å²) in [6.45, 7) is 0. The van der Waals surface area contributed by atoms with Crippen LogP contribution in [0.15, 0.2) is 66.2 Å². The van der Waals surface area contributed by atoms with Gasteiger partial charge in [0.25, 0.3) is 0 Å². The van der Waals surface area contributed by atoms with Crippen LogP contribution in [-0.4, -0.2) is 10.2 Å². The van der Waals surface area contributed by atoms with Gasteiger partial charge < -0.3 is 5.11 Å². The van der Waals surface area contributed by atoms with Crippen molar-refractivity contribution in [2.45, 2.75) is 0 Å². The fourth-order valence-electron chi connectivity index (χ4n) is 2.01. The number of allylic oxidation sites excluding steroid dienone is 1. The minimum Gasteiger partial charge on any atom is -0.507 e. The Bertz CT molecular complexity index is 715. The Morgan fingerprint density at radius 1 is 0.950 bits per heavy atom. The Labute approximate surface area is 121 Å². The number of carbonyl (C=O) groups excluding carboxylic acids is 1. The van der Waals surface area contributed by atoms with Crippen molar-refractivity contribution >= 4 is 27.9 Å². The second kappa shape index (κ2) is 5.39. The topological polar surface area (TPSA) is 37.3 Å². The third kappa shape index (κ3) is 2.53. The largest absolute Gasteiger partial charge is 0.507 e. The van der Waals surface area contributed by atoms with E-state index in [1.165, 1.54) is 11.8 Å². The Kier molecular flexibility index (Phi) is 3.44. The Balaban J connectivity index is 1.97. The molecule has 0 unspecified atom stereocenters. The van der Waals surface area contributed by atoms with E-state index in [-0.39, 0.29) is 10.9 Å². The fourth-order valence-corrected chi connectivity index (χ4v) is 2.89. The van der Waals surface area contributed by atoms with Crippen LogP contribution in [0.4, 0.5) is 0 Å². The van der Waals surface area contributed by atoms with E-state index in [4.69, 9.17) is 0 Å². The van der Waals surface area contributed by atoms with Gasteiger partial charge in [0.1, 0.15) is 5.75 Å². The summed E-state index contributed by atoms with van der Waals surface area (Å²) in [6, 6.07) is 16.8. The van der Waals surface area contributed by atoms with Crippen LogP contribution in [0.5, 0.6) is 5.75 Å². The molecule has 0 bridgehead atoms. The zero-order valence-electron chi connectivity index (χ0n) is 10.6. The predicted molar refractivity (Wildman–Crippen MR) is 83.1 cm³/mol. The monoisotopic (exact) mass is 280 g/mol. The molecule has 0 radical (unpaired) electrons. The lowest BCUT2D eigenvalue weighted by atomic mass is 10.1. The highest BCUT2D eigenvalue weighted by molar-refractivity contribution is 8.22. The van der Waals surface area contributed by atoms with Gasteiger partial charge in [-0.3, -0.25) is 4.79 Å². The van der Waals surface area contributed by atoms with Gasteiger partial charge in [-0.1, -0.05) is 48.5 Å². The first kappa shape index (κ1) is 12.8. The third-order valence-corrected chi connectivity index (χ3v) is 4.03. The van der Waals surface area contributed by atoms with Crippen molar-refractivity contribution in [1.82, 2.24) is 0 Å². The SMILES string of the molecule is O=C1SC(c2ccccc2)=C/C1=C/c1ccccc1O. The van der Waals surface area contributed by atoms with Gasteiger partial charge in [-0.15, -0.1) is 0 Å². The van der Waals surface area contributed by atoms with Gasteiger partial charge in [-0.2, -0.15) is 0 Å². The molecule has 0 aromatic heterocycles. The molecule has 98 valence electrons. The van der Waals surface area contributed by atoms with E-state index in [1.807, 2.05) is 42.5 Å². The summed E-state index contributed by atoms with van der Waals surface area (Å²) in [6.07, 6.45) is 3.59. The normalized spacial score (nSPS) is 16.5. The van der Waals surface area contributed by atoms with Crippen molar-refractivity contribution in [3.63, 3.8) is 0 Å². The van der Waals surface area contributed by atoms with Gasteiger partial charge in [0, 0.05) is 16.0 Å². The molecule has 0 saturated heterocycles. The Hall–Kier alpha value is -2.26. The highest BCUT2D eigenvalue weighted by Gasteiger charge is 2.21. The van der Waals surface area contributed by atoms with Crippen molar-refractivity contribution in [3.8, 4) is 5.75 Å². The minimum atomic E-state index is 0.00658. The summed E-state index contributed by atoms with van der Waals surface area (Å²) in [5.41, 5.74) is 2.30. The first-order valence-corrected chi connectivity index (χ1v) is 7.05. The average molecular weight is 280 g/mol. The van der Waals surface area contributed by atoms with E-state index < -0.39 is 0 Å². The van der Waals surface area contributed by atoms with Crippen molar-refractivity contribution in [2.75, 3.05) is 0 Å². The van der Waals surface area contributed by atoms with E-state index in [0.717, 1.165) is 10.5 Å². The number of phenols is 1. The van der Waals surface area contributed by atoms with Crippen LogP contribution in [-0.2, 0) is 4.79 Å². The average Bonchev–Trinajstić information content (AvgIpc) is 2.84. The molecule has 0 spiro atoms. The van der Waals surface area contributed by atoms with E-state index >= 15 is 0 Å². The van der Waals surface area contributed by atoms with Gasteiger partial charge in [0.2, 0.25) is 5.12 Å². The molecule has 3 heteroatoms. The molecular weight excluding hydrogens is 268 g/mol. The number of hydrogen-bond donors (Lipinski definition) is 1. The van der Waals surface area contributed by atoms with Crippen LogP contribution in [0.3, 0.4) is 0 Å². The van der Waals surface area contributed by atoms with Crippen LogP contribution in [0.25, 0.3) is 11.0 Å². The minimum absolute atomic E-state index is 0.00658. The van der Waals surface area contributed by atoms with Crippen molar-refractivity contribution in [2.24, 2.45) is 0 Å². The maximum absolute atomic E-state index is 12.0. The summed E-state index contributed by atoms with van der Waals surface area (Å²) >= 11 is 1.22. The number of phenolic OH excluding ortho intramolecular Hbond substituents is 1. The lowest BCUT2D eigenvalue weighted by Gasteiger charge is -1.98. The molecule has 1 aliphatic heterocycles. The van der Waals surface area contributed by atoms with Gasteiger partial charge in [-0.25, -0.2) is 0 Å². The van der Waals surface area contributed by atoms with Crippen LogP contribution in [0, 0.1) is 0 Å². The van der Waals surface area contributed by atoms with E-state index in [1.54, 1.807) is 24.3 Å². The number of rotatable bonds is 2. The Morgan fingerprint density at radius 2 is 1.65 bits per heavy atom. The van der Waals surface area contributed by atoms with Crippen LogP contribution in [0.1, 0.15) is 11.1 Å². The van der Waals surface area contributed by atoms with Crippen molar-refractivity contribution in [1.29, 1.82) is 0 Å². The van der Waals surface area contributed by atoms with Crippen molar-refractivity contribution in [3.05, 3.63) is 77.4 Å². The zero-order valence-corrected chi connectivity index (χ0v) is 11.4. The first-order chi connectivity index (χ1) is 9.74. The van der Waals surface area contributed by atoms with Gasteiger partial charge in [0.15, 0.2) is 0 Å². The molecule has 0 atom stereocenters. The molecule has 20 heavy (non-hydrogen) atoms. The number of hydrogen-bond acceptors (Lipinski definition) is 3. The second-order valence-corrected chi connectivity index (χ2v) is 5.44. The lowest BCUT2D eigenvalue weighted by molar-refractivity contribution is -0.107. The van der Waals surface area contributed by atoms with E-state index in [0.29, 0.717) is 11.1 Å². The number of benzene rings is 2. The molecule has 0 saturated carbocycles. The van der Waals surface area contributed by atoms with Gasteiger partial charge in [-0.05, 0) is 35.5 Å². The molecule has 2 aromatic rings. The summed E-state index contributed by atoms with van der Waals surface area (Å²) in [4.78, 5) is 13.0. The van der Waals surface area contributed by atoms with E-state index in [9.17, 15) is 9.90 Å². The van der Waals surface area contributed by atoms with Crippen molar-refractivity contribution < 1.29 is 9.90 Å². The molecule has 3 rings (SSSR count). The molecule has 0 fully saturated rings. The number of thioether (sulfide) groups is 1. The number of aromatic hydroxyl groups is 1. The van der Waals surface area contributed by atoms with Crippen LogP contribution >= 0.6 is 11.8 Å². The fraction of sp³-hybridized carbons (Fsp3) is 0. The predicted octanol–water partition coefficient (Wildman–Crippen LogP) is 4.09. The smallest absolute Gasteiger partial charge is 0.224 e. The molecule has 0 aliphatic carbocycles. The Morgan fingerprint density at radius 3 is 2.40 bits per heavy atom. The van der Waals surface area contributed by atoms with Crippen LogP contribution in [0.2, 0.25) is 0 Å². The molecule has 1 heterocycles. The van der Waals surface area contributed by atoms with Crippen LogP contribution < -0.4 is 0 Å². The molecule has 1 N–H and O–H groups in total. The summed E-state index contributed by atoms with van der Waals surface area (Å²) < 4.78 is 0. The van der Waals surface area contributed by atoms with E-state index in [2.05, 4.69) is 0 Å². The molecule has 2 aromatic carbocycles. The zero-order chi connectivity index (χ0) is 13.9. The maximum Gasteiger partial charge on any atom is 0.224 e. The summed E-state index contributed by atoms with van der Waals surface area (Å²) in [5.74, 6) is 0.180. The van der Waals surface area contributed by atoms with Gasteiger partial charge >= 0.3 is 0 Å².